The second-order valence-electron chi connectivity index (χ2n) is 3.48. The Morgan fingerprint density at radius 2 is 1.94 bits per heavy atom. The SMILES string of the molecule is CC(F)C(F)CCSC(=O)c1ccccc1. The maximum absolute atomic E-state index is 12.9. The molecule has 0 aliphatic carbocycles. The number of benzene rings is 1. The highest BCUT2D eigenvalue weighted by molar-refractivity contribution is 8.14. The van der Waals surface area contributed by atoms with E-state index in [1.807, 2.05) is 6.07 Å². The number of thioether (sulfide) groups is 1. The predicted molar refractivity (Wildman–Crippen MR) is 63.3 cm³/mol. The molecule has 1 rings (SSSR count). The van der Waals surface area contributed by atoms with Crippen LogP contribution in [0, 0.1) is 0 Å². The van der Waals surface area contributed by atoms with E-state index in [4.69, 9.17) is 0 Å². The first-order chi connectivity index (χ1) is 7.61. The summed E-state index contributed by atoms with van der Waals surface area (Å²) in [4.78, 5) is 11.5. The van der Waals surface area contributed by atoms with Gasteiger partial charge in [0.15, 0.2) is 0 Å². The highest BCUT2D eigenvalue weighted by atomic mass is 32.2. The van der Waals surface area contributed by atoms with Crippen LogP contribution in [0.5, 0.6) is 0 Å². The Hall–Kier alpha value is -0.900. The summed E-state index contributed by atoms with van der Waals surface area (Å²) < 4.78 is 25.4. The lowest BCUT2D eigenvalue weighted by Crippen LogP contribution is -2.14. The van der Waals surface area contributed by atoms with E-state index >= 15 is 0 Å². The van der Waals surface area contributed by atoms with Crippen molar-refractivity contribution in [1.82, 2.24) is 0 Å². The average molecular weight is 244 g/mol. The van der Waals surface area contributed by atoms with Crippen LogP contribution >= 0.6 is 11.8 Å². The number of carbonyl (C=O) groups is 1. The molecule has 1 aromatic rings. The molecule has 88 valence electrons. The van der Waals surface area contributed by atoms with E-state index < -0.39 is 12.3 Å². The molecule has 0 bridgehead atoms. The molecule has 0 aliphatic rings. The summed E-state index contributed by atoms with van der Waals surface area (Å²) in [6, 6.07) is 8.79. The van der Waals surface area contributed by atoms with Crippen molar-refractivity contribution in [3.05, 3.63) is 35.9 Å². The van der Waals surface area contributed by atoms with Crippen molar-refractivity contribution in [2.45, 2.75) is 25.7 Å². The van der Waals surface area contributed by atoms with Crippen LogP contribution in [0.4, 0.5) is 8.78 Å². The van der Waals surface area contributed by atoms with Crippen molar-refractivity contribution in [3.63, 3.8) is 0 Å². The van der Waals surface area contributed by atoms with Crippen molar-refractivity contribution in [2.75, 3.05) is 5.75 Å². The fourth-order valence-electron chi connectivity index (χ4n) is 1.15. The van der Waals surface area contributed by atoms with Crippen molar-refractivity contribution in [3.8, 4) is 0 Å². The van der Waals surface area contributed by atoms with E-state index in [9.17, 15) is 13.6 Å². The molecule has 16 heavy (non-hydrogen) atoms. The van der Waals surface area contributed by atoms with Gasteiger partial charge in [-0.05, 0) is 13.3 Å². The van der Waals surface area contributed by atoms with Gasteiger partial charge in [0, 0.05) is 11.3 Å². The molecule has 0 saturated heterocycles. The minimum Gasteiger partial charge on any atom is -0.282 e. The van der Waals surface area contributed by atoms with Crippen LogP contribution in [0.25, 0.3) is 0 Å². The molecule has 0 radical (unpaired) electrons. The number of alkyl halides is 2. The zero-order valence-corrected chi connectivity index (χ0v) is 9.84. The van der Waals surface area contributed by atoms with Gasteiger partial charge in [-0.2, -0.15) is 0 Å². The highest BCUT2D eigenvalue weighted by Crippen LogP contribution is 2.16. The third kappa shape index (κ3) is 4.31. The number of hydrogen-bond acceptors (Lipinski definition) is 2. The molecule has 0 saturated carbocycles. The van der Waals surface area contributed by atoms with Gasteiger partial charge >= 0.3 is 0 Å². The maximum Gasteiger partial charge on any atom is 0.219 e. The first-order valence-corrected chi connectivity index (χ1v) is 6.10. The second-order valence-corrected chi connectivity index (χ2v) is 4.55. The Morgan fingerprint density at radius 3 is 2.50 bits per heavy atom. The Bertz CT molecular complexity index is 327. The van der Waals surface area contributed by atoms with Crippen LogP contribution in [0.3, 0.4) is 0 Å². The van der Waals surface area contributed by atoms with E-state index in [2.05, 4.69) is 0 Å². The molecule has 1 nitrogen and oxygen atoms in total. The summed E-state index contributed by atoms with van der Waals surface area (Å²) >= 11 is 1.03. The largest absolute Gasteiger partial charge is 0.282 e. The normalized spacial score (nSPS) is 14.4. The average Bonchev–Trinajstić information content (AvgIpc) is 2.29. The lowest BCUT2D eigenvalue weighted by molar-refractivity contribution is 0.108. The number of carbonyl (C=O) groups excluding carboxylic acids is 1. The van der Waals surface area contributed by atoms with Crippen LogP contribution in [0.2, 0.25) is 0 Å². The van der Waals surface area contributed by atoms with Crippen LogP contribution in [-0.4, -0.2) is 23.2 Å². The van der Waals surface area contributed by atoms with Gasteiger partial charge in [-0.3, -0.25) is 4.79 Å². The quantitative estimate of drug-likeness (QED) is 0.786. The van der Waals surface area contributed by atoms with Crippen LogP contribution in [0.15, 0.2) is 30.3 Å². The summed E-state index contributed by atoms with van der Waals surface area (Å²) in [6.07, 6.45) is -2.87. The molecule has 2 atom stereocenters. The topological polar surface area (TPSA) is 17.1 Å². The fraction of sp³-hybridized carbons (Fsp3) is 0.417. The van der Waals surface area contributed by atoms with Gasteiger partial charge < -0.3 is 0 Å². The zero-order valence-electron chi connectivity index (χ0n) is 9.03. The molecule has 2 unspecified atom stereocenters. The lowest BCUT2D eigenvalue weighted by atomic mass is 10.2. The van der Waals surface area contributed by atoms with Gasteiger partial charge in [0.25, 0.3) is 0 Å². The molecule has 0 spiro atoms. The van der Waals surface area contributed by atoms with E-state index in [0.29, 0.717) is 11.3 Å². The minimum atomic E-state index is -1.48. The Morgan fingerprint density at radius 1 is 1.31 bits per heavy atom. The van der Waals surface area contributed by atoms with E-state index in [1.165, 1.54) is 6.92 Å². The summed E-state index contributed by atoms with van der Waals surface area (Å²) in [5.41, 5.74) is 0.594. The Labute approximate surface area is 98.2 Å². The van der Waals surface area contributed by atoms with Gasteiger partial charge in [-0.1, -0.05) is 42.1 Å². The monoisotopic (exact) mass is 244 g/mol. The van der Waals surface area contributed by atoms with Gasteiger partial charge in [0.1, 0.15) is 12.3 Å². The molecule has 0 aliphatic heterocycles. The lowest BCUT2D eigenvalue weighted by Gasteiger charge is -2.07. The molecule has 4 heteroatoms. The molecular weight excluding hydrogens is 230 g/mol. The molecule has 0 amide bonds. The predicted octanol–water partition coefficient (Wildman–Crippen LogP) is 3.65. The minimum absolute atomic E-state index is 0.0703. The first-order valence-electron chi connectivity index (χ1n) is 5.11. The summed E-state index contributed by atoms with van der Waals surface area (Å²) in [5, 5.41) is -0.0979. The van der Waals surface area contributed by atoms with Crippen LogP contribution < -0.4 is 0 Å². The van der Waals surface area contributed by atoms with Crippen molar-refractivity contribution in [2.24, 2.45) is 0 Å². The Kier molecular flexibility index (Phi) is 5.46. The molecule has 0 aromatic heterocycles. The fourth-order valence-corrected chi connectivity index (χ4v) is 1.98. The van der Waals surface area contributed by atoms with Gasteiger partial charge in [0.2, 0.25) is 5.12 Å². The molecule has 0 fully saturated rings. The number of rotatable bonds is 5. The van der Waals surface area contributed by atoms with Crippen LogP contribution in [-0.2, 0) is 0 Å². The van der Waals surface area contributed by atoms with Gasteiger partial charge in [0.05, 0.1) is 0 Å². The third-order valence-corrected chi connectivity index (χ3v) is 3.07. The first kappa shape index (κ1) is 13.2. The molecule has 0 N–H and O–H groups in total. The summed E-state index contributed by atoms with van der Waals surface area (Å²) in [7, 11) is 0. The summed E-state index contributed by atoms with van der Waals surface area (Å²) in [5.74, 6) is 0.309. The van der Waals surface area contributed by atoms with Crippen molar-refractivity contribution < 1.29 is 13.6 Å². The standard InChI is InChI=1S/C12H14F2OS/c1-9(13)11(14)7-8-16-12(15)10-5-3-2-4-6-10/h2-6,9,11H,7-8H2,1H3. The highest BCUT2D eigenvalue weighted by Gasteiger charge is 2.15. The molecular formula is C12H14F2OS. The molecule has 1 aromatic carbocycles. The third-order valence-electron chi connectivity index (χ3n) is 2.13. The smallest absolute Gasteiger partial charge is 0.219 e. The van der Waals surface area contributed by atoms with E-state index in [1.54, 1.807) is 24.3 Å². The number of halogens is 2. The second kappa shape index (κ2) is 6.63. The van der Waals surface area contributed by atoms with E-state index in [0.717, 1.165) is 11.8 Å². The number of hydrogen-bond donors (Lipinski definition) is 0. The molecule has 0 heterocycles. The Balaban J connectivity index is 2.31. The van der Waals surface area contributed by atoms with Gasteiger partial charge in [-0.25, -0.2) is 8.78 Å². The van der Waals surface area contributed by atoms with Gasteiger partial charge in [-0.15, -0.1) is 0 Å². The zero-order chi connectivity index (χ0) is 12.0. The van der Waals surface area contributed by atoms with Crippen LogP contribution in [0.1, 0.15) is 23.7 Å². The maximum atomic E-state index is 12.9. The van der Waals surface area contributed by atoms with Crippen molar-refractivity contribution >= 4 is 16.9 Å². The van der Waals surface area contributed by atoms with Crippen molar-refractivity contribution in [1.29, 1.82) is 0 Å². The summed E-state index contributed by atoms with van der Waals surface area (Å²) in [6.45, 7) is 1.19. The van der Waals surface area contributed by atoms with E-state index in [-0.39, 0.29) is 11.5 Å².